The first-order valence-electron chi connectivity index (χ1n) is 7.52. The predicted molar refractivity (Wildman–Crippen MR) is 76.7 cm³/mol. The SMILES string of the molecule is CCC(CC)N1C(=O)CC(NC(C)CC(C)C)C1=O. The second kappa shape index (κ2) is 7.04. The summed E-state index contributed by atoms with van der Waals surface area (Å²) in [6.07, 6.45) is 3.01. The molecule has 2 unspecified atom stereocenters. The van der Waals surface area contributed by atoms with Crippen molar-refractivity contribution in [3.8, 4) is 0 Å². The van der Waals surface area contributed by atoms with Gasteiger partial charge in [-0.3, -0.25) is 14.5 Å². The van der Waals surface area contributed by atoms with Crippen LogP contribution in [0, 0.1) is 5.92 Å². The van der Waals surface area contributed by atoms with Gasteiger partial charge in [-0.15, -0.1) is 0 Å². The lowest BCUT2D eigenvalue weighted by atomic mass is 10.0. The van der Waals surface area contributed by atoms with Crippen LogP contribution in [0.15, 0.2) is 0 Å². The van der Waals surface area contributed by atoms with E-state index in [1.165, 1.54) is 4.90 Å². The molecule has 0 aliphatic carbocycles. The van der Waals surface area contributed by atoms with Crippen molar-refractivity contribution >= 4 is 11.8 Å². The Hall–Kier alpha value is -0.900. The maximum Gasteiger partial charge on any atom is 0.247 e. The lowest BCUT2D eigenvalue weighted by molar-refractivity contribution is -0.141. The minimum Gasteiger partial charge on any atom is -0.303 e. The quantitative estimate of drug-likeness (QED) is 0.721. The fraction of sp³-hybridized carbons (Fsp3) is 0.867. The first-order chi connectivity index (χ1) is 8.90. The summed E-state index contributed by atoms with van der Waals surface area (Å²) in [5.41, 5.74) is 0. The van der Waals surface area contributed by atoms with Gasteiger partial charge in [0.25, 0.3) is 0 Å². The third kappa shape index (κ3) is 4.03. The standard InChI is InChI=1S/C15H28N2O2/c1-6-12(7-2)17-14(18)9-13(15(17)19)16-11(5)8-10(3)4/h10-13,16H,6-9H2,1-5H3. The summed E-state index contributed by atoms with van der Waals surface area (Å²) >= 11 is 0. The number of hydrogen-bond donors (Lipinski definition) is 1. The van der Waals surface area contributed by atoms with Crippen molar-refractivity contribution < 1.29 is 9.59 Å². The predicted octanol–water partition coefficient (Wildman–Crippen LogP) is 2.33. The van der Waals surface area contributed by atoms with Gasteiger partial charge in [0.15, 0.2) is 0 Å². The smallest absolute Gasteiger partial charge is 0.247 e. The molecule has 19 heavy (non-hydrogen) atoms. The van der Waals surface area contributed by atoms with Crippen LogP contribution in [0.25, 0.3) is 0 Å². The number of amides is 2. The molecule has 1 fully saturated rings. The van der Waals surface area contributed by atoms with E-state index >= 15 is 0 Å². The number of carbonyl (C=O) groups is 2. The van der Waals surface area contributed by atoms with Crippen LogP contribution in [0.1, 0.15) is 60.3 Å². The molecule has 2 amide bonds. The fourth-order valence-corrected chi connectivity index (χ4v) is 2.94. The Morgan fingerprint density at radius 1 is 1.21 bits per heavy atom. The number of likely N-dealkylation sites (tertiary alicyclic amines) is 1. The van der Waals surface area contributed by atoms with Crippen molar-refractivity contribution in [3.05, 3.63) is 0 Å². The van der Waals surface area contributed by atoms with Gasteiger partial charge in [-0.2, -0.15) is 0 Å². The third-order valence-electron chi connectivity index (χ3n) is 3.80. The lowest BCUT2D eigenvalue weighted by Crippen LogP contribution is -2.46. The second-order valence-corrected chi connectivity index (χ2v) is 6.03. The van der Waals surface area contributed by atoms with Gasteiger partial charge in [-0.1, -0.05) is 27.7 Å². The molecule has 0 spiro atoms. The second-order valence-electron chi connectivity index (χ2n) is 6.03. The summed E-state index contributed by atoms with van der Waals surface area (Å²) in [4.78, 5) is 25.8. The number of nitrogens with one attached hydrogen (secondary N) is 1. The van der Waals surface area contributed by atoms with Gasteiger partial charge >= 0.3 is 0 Å². The number of imide groups is 1. The van der Waals surface area contributed by atoms with Gasteiger partial charge in [0.2, 0.25) is 11.8 Å². The number of hydrogen-bond acceptors (Lipinski definition) is 3. The van der Waals surface area contributed by atoms with E-state index in [4.69, 9.17) is 0 Å². The van der Waals surface area contributed by atoms with Crippen LogP contribution in [-0.4, -0.2) is 34.8 Å². The Morgan fingerprint density at radius 2 is 1.79 bits per heavy atom. The Labute approximate surface area is 116 Å². The number of carbonyl (C=O) groups excluding carboxylic acids is 2. The molecular weight excluding hydrogens is 240 g/mol. The average molecular weight is 268 g/mol. The highest BCUT2D eigenvalue weighted by atomic mass is 16.2. The third-order valence-corrected chi connectivity index (χ3v) is 3.80. The summed E-state index contributed by atoms with van der Waals surface area (Å²) in [6, 6.07) is 0.0115. The average Bonchev–Trinajstić information content (AvgIpc) is 2.57. The van der Waals surface area contributed by atoms with Gasteiger partial charge < -0.3 is 5.32 Å². The summed E-state index contributed by atoms with van der Waals surface area (Å²) in [5, 5.41) is 3.31. The highest BCUT2D eigenvalue weighted by Gasteiger charge is 2.41. The van der Waals surface area contributed by atoms with E-state index in [0.29, 0.717) is 12.3 Å². The van der Waals surface area contributed by atoms with Crippen molar-refractivity contribution in [1.29, 1.82) is 0 Å². The van der Waals surface area contributed by atoms with Crippen LogP contribution in [0.4, 0.5) is 0 Å². The molecular formula is C15H28N2O2. The molecule has 4 nitrogen and oxygen atoms in total. The normalized spacial score (nSPS) is 21.8. The number of rotatable bonds is 7. The van der Waals surface area contributed by atoms with E-state index in [1.807, 2.05) is 13.8 Å². The maximum atomic E-state index is 12.3. The molecule has 0 aromatic rings. The van der Waals surface area contributed by atoms with Crippen LogP contribution in [0.2, 0.25) is 0 Å². The Morgan fingerprint density at radius 3 is 2.26 bits per heavy atom. The van der Waals surface area contributed by atoms with Crippen molar-refractivity contribution in [1.82, 2.24) is 10.2 Å². The molecule has 0 aromatic carbocycles. The topological polar surface area (TPSA) is 49.4 Å². The van der Waals surface area contributed by atoms with Crippen LogP contribution in [0.3, 0.4) is 0 Å². The summed E-state index contributed by atoms with van der Waals surface area (Å²) in [5.74, 6) is 0.534. The molecule has 1 rings (SSSR count). The fourth-order valence-electron chi connectivity index (χ4n) is 2.94. The Bertz CT molecular complexity index is 324. The minimum atomic E-state index is -0.318. The van der Waals surface area contributed by atoms with E-state index in [0.717, 1.165) is 19.3 Å². The zero-order valence-electron chi connectivity index (χ0n) is 12.9. The molecule has 110 valence electrons. The van der Waals surface area contributed by atoms with Gasteiger partial charge in [0.1, 0.15) is 0 Å². The lowest BCUT2D eigenvalue weighted by Gasteiger charge is -2.25. The van der Waals surface area contributed by atoms with Crippen molar-refractivity contribution in [3.63, 3.8) is 0 Å². The van der Waals surface area contributed by atoms with Crippen LogP contribution in [0.5, 0.6) is 0 Å². The zero-order chi connectivity index (χ0) is 14.6. The van der Waals surface area contributed by atoms with E-state index < -0.39 is 0 Å². The molecule has 1 heterocycles. The summed E-state index contributed by atoms with van der Waals surface area (Å²) in [6.45, 7) is 10.5. The summed E-state index contributed by atoms with van der Waals surface area (Å²) in [7, 11) is 0. The molecule has 0 saturated carbocycles. The molecule has 1 saturated heterocycles. The molecule has 0 radical (unpaired) electrons. The van der Waals surface area contributed by atoms with Crippen LogP contribution in [-0.2, 0) is 9.59 Å². The molecule has 0 aromatic heterocycles. The van der Waals surface area contributed by atoms with Gasteiger partial charge in [-0.25, -0.2) is 0 Å². The van der Waals surface area contributed by atoms with Crippen molar-refractivity contribution in [2.45, 2.75) is 78.4 Å². The van der Waals surface area contributed by atoms with Crippen LogP contribution < -0.4 is 5.32 Å². The molecule has 1 aliphatic rings. The molecule has 0 bridgehead atoms. The highest BCUT2D eigenvalue weighted by Crippen LogP contribution is 2.21. The van der Waals surface area contributed by atoms with Gasteiger partial charge in [0.05, 0.1) is 12.5 Å². The van der Waals surface area contributed by atoms with E-state index in [-0.39, 0.29) is 29.9 Å². The Kier molecular flexibility index (Phi) is 5.98. The zero-order valence-corrected chi connectivity index (χ0v) is 12.9. The first-order valence-corrected chi connectivity index (χ1v) is 7.52. The van der Waals surface area contributed by atoms with Crippen molar-refractivity contribution in [2.24, 2.45) is 5.92 Å². The molecule has 1 N–H and O–H groups in total. The number of nitrogens with zero attached hydrogens (tertiary/aromatic N) is 1. The highest BCUT2D eigenvalue weighted by molar-refractivity contribution is 6.05. The minimum absolute atomic E-state index is 0.0204. The maximum absolute atomic E-state index is 12.3. The molecule has 2 atom stereocenters. The first kappa shape index (κ1) is 16.2. The largest absolute Gasteiger partial charge is 0.303 e. The Balaban J connectivity index is 2.65. The molecule has 4 heteroatoms. The van der Waals surface area contributed by atoms with Crippen molar-refractivity contribution in [2.75, 3.05) is 0 Å². The van der Waals surface area contributed by atoms with E-state index in [2.05, 4.69) is 26.1 Å². The van der Waals surface area contributed by atoms with E-state index in [1.54, 1.807) is 0 Å². The molecule has 1 aliphatic heterocycles. The summed E-state index contributed by atoms with van der Waals surface area (Å²) < 4.78 is 0. The van der Waals surface area contributed by atoms with Gasteiger partial charge in [0, 0.05) is 12.1 Å². The monoisotopic (exact) mass is 268 g/mol. The van der Waals surface area contributed by atoms with Crippen LogP contribution >= 0.6 is 0 Å². The van der Waals surface area contributed by atoms with Gasteiger partial charge in [-0.05, 0) is 32.1 Å². The van der Waals surface area contributed by atoms with E-state index in [9.17, 15) is 9.59 Å².